The lowest BCUT2D eigenvalue weighted by Gasteiger charge is -2.31. The fourth-order valence-corrected chi connectivity index (χ4v) is 2.85. The lowest BCUT2D eigenvalue weighted by molar-refractivity contribution is -0.118. The van der Waals surface area contributed by atoms with Crippen molar-refractivity contribution in [3.8, 4) is 0 Å². The fourth-order valence-electron chi connectivity index (χ4n) is 2.85. The SMILES string of the molecule is CC(C)C1CCC(Nc2cnn(CC(N)=O)c2)CC1. The van der Waals surface area contributed by atoms with Crippen molar-refractivity contribution in [1.29, 1.82) is 0 Å². The van der Waals surface area contributed by atoms with Crippen LogP contribution in [0.2, 0.25) is 0 Å². The molecule has 1 aliphatic carbocycles. The minimum atomic E-state index is -0.368. The van der Waals surface area contributed by atoms with Gasteiger partial charge >= 0.3 is 0 Å². The van der Waals surface area contributed by atoms with Gasteiger partial charge in [0, 0.05) is 12.2 Å². The molecule has 5 nitrogen and oxygen atoms in total. The van der Waals surface area contributed by atoms with E-state index in [1.807, 2.05) is 6.20 Å². The van der Waals surface area contributed by atoms with Gasteiger partial charge in [0.05, 0.1) is 11.9 Å². The number of carbonyl (C=O) groups excluding carboxylic acids is 1. The first kappa shape index (κ1) is 13.9. The highest BCUT2D eigenvalue weighted by molar-refractivity contribution is 5.73. The number of anilines is 1. The second-order valence-corrected chi connectivity index (χ2v) is 5.89. The number of nitrogens with two attached hydrogens (primary N) is 1. The van der Waals surface area contributed by atoms with Crippen molar-refractivity contribution in [2.24, 2.45) is 17.6 Å². The molecule has 1 heterocycles. The minimum Gasteiger partial charge on any atom is -0.380 e. The molecule has 0 bridgehead atoms. The smallest absolute Gasteiger partial charge is 0.239 e. The Balaban J connectivity index is 1.82. The maximum atomic E-state index is 10.8. The van der Waals surface area contributed by atoms with E-state index < -0.39 is 0 Å². The van der Waals surface area contributed by atoms with Crippen molar-refractivity contribution in [1.82, 2.24) is 9.78 Å². The Morgan fingerprint density at radius 1 is 1.47 bits per heavy atom. The van der Waals surface area contributed by atoms with E-state index in [2.05, 4.69) is 24.3 Å². The van der Waals surface area contributed by atoms with Gasteiger partial charge in [-0.25, -0.2) is 0 Å². The molecule has 106 valence electrons. The van der Waals surface area contributed by atoms with Gasteiger partial charge in [-0.15, -0.1) is 0 Å². The van der Waals surface area contributed by atoms with Crippen molar-refractivity contribution >= 4 is 11.6 Å². The van der Waals surface area contributed by atoms with Crippen LogP contribution >= 0.6 is 0 Å². The predicted molar refractivity (Wildman–Crippen MR) is 75.6 cm³/mol. The van der Waals surface area contributed by atoms with E-state index in [0.29, 0.717) is 6.04 Å². The van der Waals surface area contributed by atoms with Crippen molar-refractivity contribution in [3.05, 3.63) is 12.4 Å². The Bertz CT molecular complexity index is 419. The van der Waals surface area contributed by atoms with E-state index >= 15 is 0 Å². The number of nitrogens with one attached hydrogen (secondary N) is 1. The summed E-state index contributed by atoms with van der Waals surface area (Å²) in [4.78, 5) is 10.8. The number of amides is 1. The van der Waals surface area contributed by atoms with Gasteiger partial charge in [-0.2, -0.15) is 5.10 Å². The van der Waals surface area contributed by atoms with Crippen LogP contribution in [-0.2, 0) is 11.3 Å². The quantitative estimate of drug-likeness (QED) is 0.854. The highest BCUT2D eigenvalue weighted by Gasteiger charge is 2.23. The fraction of sp³-hybridized carbons (Fsp3) is 0.714. The van der Waals surface area contributed by atoms with Crippen LogP contribution in [0.25, 0.3) is 0 Å². The first-order chi connectivity index (χ1) is 9.04. The average molecular weight is 264 g/mol. The number of carbonyl (C=O) groups is 1. The summed E-state index contributed by atoms with van der Waals surface area (Å²) >= 11 is 0. The number of hydrogen-bond donors (Lipinski definition) is 2. The van der Waals surface area contributed by atoms with Crippen molar-refractivity contribution in [2.45, 2.75) is 52.1 Å². The molecular weight excluding hydrogens is 240 g/mol. The molecule has 0 atom stereocenters. The molecule has 0 aliphatic heterocycles. The highest BCUT2D eigenvalue weighted by Crippen LogP contribution is 2.31. The first-order valence-corrected chi connectivity index (χ1v) is 7.12. The van der Waals surface area contributed by atoms with E-state index in [1.54, 1.807) is 10.9 Å². The molecule has 0 radical (unpaired) electrons. The normalized spacial score (nSPS) is 23.5. The largest absolute Gasteiger partial charge is 0.380 e. The lowest BCUT2D eigenvalue weighted by atomic mass is 9.80. The zero-order chi connectivity index (χ0) is 13.8. The molecule has 0 saturated heterocycles. The molecular formula is C14H24N4O. The van der Waals surface area contributed by atoms with Crippen molar-refractivity contribution in [3.63, 3.8) is 0 Å². The van der Waals surface area contributed by atoms with E-state index in [4.69, 9.17) is 5.73 Å². The van der Waals surface area contributed by atoms with Crippen LogP contribution in [0.1, 0.15) is 39.5 Å². The topological polar surface area (TPSA) is 72.9 Å². The summed E-state index contributed by atoms with van der Waals surface area (Å²) in [6, 6.07) is 0.529. The second kappa shape index (κ2) is 6.08. The molecule has 1 amide bonds. The summed E-state index contributed by atoms with van der Waals surface area (Å²) in [5.41, 5.74) is 6.12. The summed E-state index contributed by atoms with van der Waals surface area (Å²) in [6.07, 6.45) is 8.62. The third-order valence-electron chi connectivity index (χ3n) is 4.04. The second-order valence-electron chi connectivity index (χ2n) is 5.89. The Morgan fingerprint density at radius 2 is 2.16 bits per heavy atom. The van der Waals surface area contributed by atoms with Gasteiger partial charge in [0.2, 0.25) is 5.91 Å². The minimum absolute atomic E-state index is 0.141. The van der Waals surface area contributed by atoms with Crippen LogP contribution in [0.4, 0.5) is 5.69 Å². The van der Waals surface area contributed by atoms with Crippen LogP contribution in [0.3, 0.4) is 0 Å². The maximum absolute atomic E-state index is 10.8. The maximum Gasteiger partial charge on any atom is 0.239 e. The molecule has 1 aromatic rings. The molecule has 1 aromatic heterocycles. The molecule has 0 spiro atoms. The Hall–Kier alpha value is -1.52. The molecule has 5 heteroatoms. The molecule has 3 N–H and O–H groups in total. The first-order valence-electron chi connectivity index (χ1n) is 7.12. The van der Waals surface area contributed by atoms with Gasteiger partial charge in [-0.05, 0) is 37.5 Å². The number of nitrogens with zero attached hydrogens (tertiary/aromatic N) is 2. The van der Waals surface area contributed by atoms with Crippen LogP contribution in [0.5, 0.6) is 0 Å². The summed E-state index contributed by atoms with van der Waals surface area (Å²) in [5.74, 6) is 1.29. The molecule has 1 saturated carbocycles. The zero-order valence-corrected chi connectivity index (χ0v) is 11.8. The van der Waals surface area contributed by atoms with Gasteiger partial charge in [-0.1, -0.05) is 13.8 Å². The van der Waals surface area contributed by atoms with Crippen LogP contribution in [0, 0.1) is 11.8 Å². The number of primary amides is 1. The summed E-state index contributed by atoms with van der Waals surface area (Å²) in [6.45, 7) is 4.76. The van der Waals surface area contributed by atoms with Gasteiger partial charge in [0.1, 0.15) is 6.54 Å². The molecule has 19 heavy (non-hydrogen) atoms. The van der Waals surface area contributed by atoms with Crippen LogP contribution in [-0.4, -0.2) is 21.7 Å². The monoisotopic (exact) mass is 264 g/mol. The Labute approximate surface area is 114 Å². The number of hydrogen-bond acceptors (Lipinski definition) is 3. The summed E-state index contributed by atoms with van der Waals surface area (Å²) < 4.78 is 1.57. The van der Waals surface area contributed by atoms with E-state index in [-0.39, 0.29) is 12.5 Å². The Morgan fingerprint density at radius 3 is 2.74 bits per heavy atom. The predicted octanol–water partition coefficient (Wildman–Crippen LogP) is 2.00. The third-order valence-corrected chi connectivity index (χ3v) is 4.04. The third kappa shape index (κ3) is 3.98. The number of aromatic nitrogens is 2. The standard InChI is InChI=1S/C14H24N4O/c1-10(2)11-3-5-12(6-4-11)17-13-7-16-18(8-13)9-14(15)19/h7-8,10-12,17H,3-6,9H2,1-2H3,(H2,15,19). The average Bonchev–Trinajstić information content (AvgIpc) is 2.76. The molecule has 0 aromatic carbocycles. The molecule has 1 fully saturated rings. The lowest BCUT2D eigenvalue weighted by Crippen LogP contribution is -2.27. The van der Waals surface area contributed by atoms with Crippen molar-refractivity contribution in [2.75, 3.05) is 5.32 Å². The van der Waals surface area contributed by atoms with Crippen molar-refractivity contribution < 1.29 is 4.79 Å². The van der Waals surface area contributed by atoms with Gasteiger partial charge in [0.25, 0.3) is 0 Å². The van der Waals surface area contributed by atoms with E-state index in [1.165, 1.54) is 25.7 Å². The molecule has 2 rings (SSSR count). The van der Waals surface area contributed by atoms with E-state index in [9.17, 15) is 4.79 Å². The number of rotatable bonds is 5. The summed E-state index contributed by atoms with van der Waals surface area (Å²) in [5, 5.41) is 7.62. The highest BCUT2D eigenvalue weighted by atomic mass is 16.1. The summed E-state index contributed by atoms with van der Waals surface area (Å²) in [7, 11) is 0. The van der Waals surface area contributed by atoms with Gasteiger partial charge < -0.3 is 11.1 Å². The van der Waals surface area contributed by atoms with Crippen LogP contribution < -0.4 is 11.1 Å². The molecule has 0 unspecified atom stereocenters. The van der Waals surface area contributed by atoms with Gasteiger partial charge in [0.15, 0.2) is 0 Å². The zero-order valence-electron chi connectivity index (χ0n) is 11.8. The Kier molecular flexibility index (Phi) is 4.45. The van der Waals surface area contributed by atoms with Gasteiger partial charge in [-0.3, -0.25) is 9.48 Å². The molecule has 1 aliphatic rings. The van der Waals surface area contributed by atoms with Crippen LogP contribution in [0.15, 0.2) is 12.4 Å². The van der Waals surface area contributed by atoms with E-state index in [0.717, 1.165) is 17.5 Å².